The molecule has 0 amide bonds. The highest BCUT2D eigenvalue weighted by molar-refractivity contribution is 6.21. The van der Waals surface area contributed by atoms with Crippen LogP contribution in [0.2, 0.25) is 0 Å². The first-order valence-electron chi connectivity index (χ1n) is 1.53. The molecular weight excluding hydrogens is 83.5 g/mol. The van der Waals surface area contributed by atoms with Crippen molar-refractivity contribution >= 4 is 11.6 Å². The highest BCUT2D eigenvalue weighted by atomic mass is 35.5. The largest absolute Gasteiger partial charge is 0.123 e. The molecule has 0 saturated carbocycles. The summed E-state index contributed by atoms with van der Waals surface area (Å²) in [6, 6.07) is 0. The van der Waals surface area contributed by atoms with E-state index in [1.807, 2.05) is 0 Å². The van der Waals surface area contributed by atoms with Gasteiger partial charge in [-0.15, -0.1) is 11.6 Å². The van der Waals surface area contributed by atoms with E-state index in [4.69, 9.17) is 11.6 Å². The SMILES string of the molecule is [CH2]CC([CH2])Cl. The second kappa shape index (κ2) is 2.52. The van der Waals surface area contributed by atoms with Gasteiger partial charge in [0, 0.05) is 5.38 Å². The molecule has 2 radical (unpaired) electrons. The average molecular weight is 90.6 g/mol. The van der Waals surface area contributed by atoms with E-state index in [9.17, 15) is 0 Å². The lowest BCUT2D eigenvalue weighted by molar-refractivity contribution is 1.06. The van der Waals surface area contributed by atoms with Gasteiger partial charge < -0.3 is 0 Å². The highest BCUT2D eigenvalue weighted by Crippen LogP contribution is 1.94. The van der Waals surface area contributed by atoms with Crippen molar-refractivity contribution in [2.24, 2.45) is 0 Å². The molecule has 0 spiro atoms. The fourth-order valence-corrected chi connectivity index (χ4v) is 0. The molecule has 30 valence electrons. The summed E-state index contributed by atoms with van der Waals surface area (Å²) in [6.45, 7) is 6.95. The Kier molecular flexibility index (Phi) is 2.67. The van der Waals surface area contributed by atoms with Crippen LogP contribution in [0.25, 0.3) is 0 Å². The highest BCUT2D eigenvalue weighted by Gasteiger charge is 1.83. The van der Waals surface area contributed by atoms with Crippen LogP contribution in [-0.2, 0) is 0 Å². The maximum Gasteiger partial charge on any atom is 0.0336 e. The molecule has 0 N–H and O–H groups in total. The number of rotatable bonds is 1. The first-order chi connectivity index (χ1) is 2.27. The molecule has 0 nitrogen and oxygen atoms in total. The second-order valence-electron chi connectivity index (χ2n) is 0.886. The van der Waals surface area contributed by atoms with E-state index in [0.717, 1.165) is 0 Å². The molecule has 0 aliphatic rings. The first kappa shape index (κ1) is 5.29. The lowest BCUT2D eigenvalue weighted by atomic mass is 10.4. The minimum atomic E-state index is -0.00463. The predicted octanol–water partition coefficient (Wildman–Crippen LogP) is 1.65. The van der Waals surface area contributed by atoms with Gasteiger partial charge in [0.1, 0.15) is 0 Å². The van der Waals surface area contributed by atoms with E-state index in [1.165, 1.54) is 0 Å². The Morgan fingerprint density at radius 3 is 2.00 bits per heavy atom. The van der Waals surface area contributed by atoms with Crippen molar-refractivity contribution in [1.82, 2.24) is 0 Å². The van der Waals surface area contributed by atoms with E-state index in [-0.39, 0.29) is 5.38 Å². The summed E-state index contributed by atoms with van der Waals surface area (Å²) in [7, 11) is 0. The summed E-state index contributed by atoms with van der Waals surface area (Å²) in [4.78, 5) is 0. The van der Waals surface area contributed by atoms with Gasteiger partial charge in [-0.2, -0.15) is 0 Å². The monoisotopic (exact) mass is 90.0 g/mol. The Labute approximate surface area is 38.1 Å². The Morgan fingerprint density at radius 1 is 1.80 bits per heavy atom. The van der Waals surface area contributed by atoms with Gasteiger partial charge >= 0.3 is 0 Å². The van der Waals surface area contributed by atoms with Crippen molar-refractivity contribution in [3.05, 3.63) is 13.8 Å². The van der Waals surface area contributed by atoms with Gasteiger partial charge in [-0.05, 0) is 13.3 Å². The maximum atomic E-state index is 5.29. The van der Waals surface area contributed by atoms with Gasteiger partial charge in [-0.3, -0.25) is 0 Å². The third-order valence-corrected chi connectivity index (χ3v) is 0.531. The van der Waals surface area contributed by atoms with Crippen molar-refractivity contribution in [2.75, 3.05) is 0 Å². The van der Waals surface area contributed by atoms with Gasteiger partial charge in [0.2, 0.25) is 0 Å². The molecule has 0 aliphatic heterocycles. The average Bonchev–Trinajstić information content (AvgIpc) is 1.38. The molecule has 0 aromatic rings. The molecule has 0 rings (SSSR count). The smallest absolute Gasteiger partial charge is 0.0336 e. The van der Waals surface area contributed by atoms with Gasteiger partial charge in [0.25, 0.3) is 0 Å². The van der Waals surface area contributed by atoms with E-state index in [0.29, 0.717) is 6.42 Å². The molecule has 0 heterocycles. The van der Waals surface area contributed by atoms with Crippen LogP contribution in [0.5, 0.6) is 0 Å². The Balaban J connectivity index is 2.54. The molecule has 5 heavy (non-hydrogen) atoms. The van der Waals surface area contributed by atoms with Crippen LogP contribution in [0.3, 0.4) is 0 Å². The van der Waals surface area contributed by atoms with Crippen molar-refractivity contribution < 1.29 is 0 Å². The summed E-state index contributed by atoms with van der Waals surface area (Å²) in [5, 5.41) is -0.00463. The molecule has 1 unspecified atom stereocenters. The molecule has 0 aliphatic carbocycles. The normalized spacial score (nSPS) is 15.0. The van der Waals surface area contributed by atoms with Crippen molar-refractivity contribution in [3.63, 3.8) is 0 Å². The van der Waals surface area contributed by atoms with Crippen LogP contribution in [0.15, 0.2) is 0 Å². The topological polar surface area (TPSA) is 0 Å². The van der Waals surface area contributed by atoms with Crippen LogP contribution in [0, 0.1) is 13.8 Å². The molecule has 0 saturated heterocycles. The quantitative estimate of drug-likeness (QED) is 0.430. The number of hydrogen-bond donors (Lipinski definition) is 0. The fraction of sp³-hybridized carbons (Fsp3) is 0.500. The van der Waals surface area contributed by atoms with Crippen LogP contribution >= 0.6 is 11.6 Å². The zero-order valence-electron chi connectivity index (χ0n) is 3.08. The molecular formula is C4H7Cl. The summed E-state index contributed by atoms with van der Waals surface area (Å²) in [6.07, 6.45) is 0.710. The van der Waals surface area contributed by atoms with E-state index in [1.54, 1.807) is 0 Å². The molecule has 0 aromatic heterocycles. The third-order valence-electron chi connectivity index (χ3n) is 0.313. The molecule has 1 atom stereocenters. The molecule has 1 heteroatoms. The van der Waals surface area contributed by atoms with Crippen LogP contribution < -0.4 is 0 Å². The van der Waals surface area contributed by atoms with Crippen LogP contribution in [0.4, 0.5) is 0 Å². The second-order valence-corrected chi connectivity index (χ2v) is 1.50. The van der Waals surface area contributed by atoms with Crippen molar-refractivity contribution in [3.8, 4) is 0 Å². The lowest BCUT2D eigenvalue weighted by Gasteiger charge is -1.87. The van der Waals surface area contributed by atoms with Gasteiger partial charge in [-0.25, -0.2) is 0 Å². The number of hydrogen-bond acceptors (Lipinski definition) is 0. The molecule has 0 fully saturated rings. The zero-order valence-corrected chi connectivity index (χ0v) is 3.83. The lowest BCUT2D eigenvalue weighted by Crippen LogP contribution is -1.82. The fourth-order valence-electron chi connectivity index (χ4n) is 0. The first-order valence-corrected chi connectivity index (χ1v) is 1.97. The predicted molar refractivity (Wildman–Crippen MR) is 25.0 cm³/mol. The zero-order chi connectivity index (χ0) is 4.28. The number of halogens is 1. The van der Waals surface area contributed by atoms with Gasteiger partial charge in [0.15, 0.2) is 0 Å². The minimum absolute atomic E-state index is 0.00463. The summed E-state index contributed by atoms with van der Waals surface area (Å²) in [5.74, 6) is 0. The van der Waals surface area contributed by atoms with Crippen LogP contribution in [0.1, 0.15) is 6.42 Å². The molecule has 0 aromatic carbocycles. The molecule has 0 bridgehead atoms. The standard InChI is InChI=1S/C4H7Cl/c1-3-4(2)5/h4H,1-3H2. The number of alkyl halides is 1. The Morgan fingerprint density at radius 2 is 2.00 bits per heavy atom. The minimum Gasteiger partial charge on any atom is -0.123 e. The van der Waals surface area contributed by atoms with E-state index in [2.05, 4.69) is 13.8 Å². The summed E-state index contributed by atoms with van der Waals surface area (Å²) < 4.78 is 0. The summed E-state index contributed by atoms with van der Waals surface area (Å²) in [5.41, 5.74) is 0. The van der Waals surface area contributed by atoms with Crippen molar-refractivity contribution in [1.29, 1.82) is 0 Å². The van der Waals surface area contributed by atoms with Gasteiger partial charge in [-0.1, -0.05) is 6.92 Å². The van der Waals surface area contributed by atoms with Gasteiger partial charge in [0.05, 0.1) is 0 Å². The third kappa shape index (κ3) is 4.29. The Hall–Kier alpha value is 0.290. The van der Waals surface area contributed by atoms with E-state index < -0.39 is 0 Å². The van der Waals surface area contributed by atoms with E-state index >= 15 is 0 Å². The van der Waals surface area contributed by atoms with Crippen molar-refractivity contribution in [2.45, 2.75) is 11.8 Å². The summed E-state index contributed by atoms with van der Waals surface area (Å²) >= 11 is 5.29. The van der Waals surface area contributed by atoms with Crippen LogP contribution in [-0.4, -0.2) is 5.38 Å². The Bertz CT molecular complexity index is 17.6. The maximum absolute atomic E-state index is 5.29.